The Labute approximate surface area is 100 Å². The van der Waals surface area contributed by atoms with Crippen LogP contribution in [0.2, 0.25) is 0 Å². The minimum absolute atomic E-state index is 0.0399. The maximum absolute atomic E-state index is 13.1. The van der Waals surface area contributed by atoms with Gasteiger partial charge in [-0.2, -0.15) is 4.39 Å². The van der Waals surface area contributed by atoms with Crippen LogP contribution < -0.4 is 0 Å². The van der Waals surface area contributed by atoms with Gasteiger partial charge in [-0.25, -0.2) is 4.98 Å². The van der Waals surface area contributed by atoms with E-state index < -0.39 is 12.8 Å². The molecule has 0 aliphatic carbocycles. The zero-order valence-corrected chi connectivity index (χ0v) is 9.25. The van der Waals surface area contributed by atoms with E-state index in [2.05, 4.69) is 20.9 Å². The fourth-order valence-corrected chi connectivity index (χ4v) is 1.82. The first kappa shape index (κ1) is 7.12. The molecule has 1 heterocycles. The van der Waals surface area contributed by atoms with E-state index in [9.17, 15) is 4.39 Å². The molecule has 0 N–H and O–H groups in total. The Morgan fingerprint density at radius 3 is 2.87 bits per heavy atom. The van der Waals surface area contributed by atoms with Crippen molar-refractivity contribution < 1.29 is 8.50 Å². The van der Waals surface area contributed by atoms with Crippen molar-refractivity contribution in [2.24, 2.45) is 0 Å². The van der Waals surface area contributed by atoms with Crippen LogP contribution in [-0.4, -0.2) is 4.98 Å². The Kier molecular flexibility index (Phi) is 1.95. The number of rotatable bonds is 1. The first-order valence-electron chi connectivity index (χ1n) is 5.80. The summed E-state index contributed by atoms with van der Waals surface area (Å²) < 4.78 is 36.2. The van der Waals surface area contributed by atoms with Crippen LogP contribution in [0.4, 0.5) is 4.39 Å². The van der Waals surface area contributed by atoms with E-state index in [4.69, 9.17) is 4.11 Å². The Bertz CT molecular complexity index is 584. The summed E-state index contributed by atoms with van der Waals surface area (Å²) in [6.07, 6.45) is 1.25. The predicted octanol–water partition coefficient (Wildman–Crippen LogP) is 3.96. The van der Waals surface area contributed by atoms with Crippen LogP contribution in [0.3, 0.4) is 0 Å². The fraction of sp³-hybridized carbons (Fsp3) is 0.0833. The first-order chi connectivity index (χ1) is 8.39. The standard InChI is InChI=1S/C12H9BrFN/c1-8-6-12(14)15-7-10(8)9-4-2-3-5-11(9)13/h2-7H,1H3/i1D3. The monoisotopic (exact) mass is 268 g/mol. The van der Waals surface area contributed by atoms with Crippen LogP contribution in [0.1, 0.15) is 9.68 Å². The SMILES string of the molecule is [2H]C([2H])([2H])c1cc(F)ncc1-c1ccccc1Br. The number of nitrogens with zero attached hydrogens (tertiary/aromatic N) is 1. The number of aromatic nitrogens is 1. The molecule has 15 heavy (non-hydrogen) atoms. The van der Waals surface area contributed by atoms with Crippen molar-refractivity contribution in [2.45, 2.75) is 6.85 Å². The average molecular weight is 269 g/mol. The molecule has 1 aromatic carbocycles. The summed E-state index contributed by atoms with van der Waals surface area (Å²) in [5.41, 5.74) is 1.04. The second-order valence-electron chi connectivity index (χ2n) is 3.03. The molecule has 0 saturated heterocycles. The van der Waals surface area contributed by atoms with Crippen molar-refractivity contribution in [3.63, 3.8) is 0 Å². The number of halogens is 2. The van der Waals surface area contributed by atoms with Gasteiger partial charge in [-0.1, -0.05) is 34.1 Å². The van der Waals surface area contributed by atoms with Crippen LogP contribution in [0, 0.1) is 12.8 Å². The highest BCUT2D eigenvalue weighted by Gasteiger charge is 2.06. The van der Waals surface area contributed by atoms with E-state index in [0.29, 0.717) is 11.1 Å². The molecule has 0 unspecified atom stereocenters. The zero-order chi connectivity index (χ0) is 13.3. The summed E-state index contributed by atoms with van der Waals surface area (Å²) in [7, 11) is 0. The summed E-state index contributed by atoms with van der Waals surface area (Å²) >= 11 is 3.35. The van der Waals surface area contributed by atoms with Gasteiger partial charge in [0.2, 0.25) is 5.95 Å². The second-order valence-corrected chi connectivity index (χ2v) is 3.89. The Balaban J connectivity index is 2.69. The number of hydrogen-bond acceptors (Lipinski definition) is 1. The largest absolute Gasteiger partial charge is 0.228 e. The number of aryl methyl sites for hydroxylation is 1. The molecule has 0 atom stereocenters. The molecule has 3 heteroatoms. The van der Waals surface area contributed by atoms with Gasteiger partial charge in [-0.05, 0) is 30.1 Å². The maximum Gasteiger partial charge on any atom is 0.213 e. The quantitative estimate of drug-likeness (QED) is 0.714. The van der Waals surface area contributed by atoms with Crippen LogP contribution in [0.5, 0.6) is 0 Å². The zero-order valence-electron chi connectivity index (χ0n) is 10.7. The molecule has 2 rings (SSSR count). The molecule has 1 nitrogen and oxygen atoms in total. The molecular weight excluding hydrogens is 257 g/mol. The van der Waals surface area contributed by atoms with E-state index in [0.717, 1.165) is 10.5 Å². The lowest BCUT2D eigenvalue weighted by molar-refractivity contribution is 0.583. The molecule has 0 amide bonds. The van der Waals surface area contributed by atoms with Crippen molar-refractivity contribution >= 4 is 15.9 Å². The highest BCUT2D eigenvalue weighted by atomic mass is 79.9. The van der Waals surface area contributed by atoms with Crippen molar-refractivity contribution in [3.8, 4) is 11.1 Å². The van der Waals surface area contributed by atoms with E-state index in [1.807, 2.05) is 6.07 Å². The predicted molar refractivity (Wildman–Crippen MR) is 62.1 cm³/mol. The topological polar surface area (TPSA) is 12.9 Å². The number of pyridine rings is 1. The summed E-state index contributed by atoms with van der Waals surface area (Å²) in [5.74, 6) is -0.795. The minimum Gasteiger partial charge on any atom is -0.228 e. The normalized spacial score (nSPS) is 14.1. The van der Waals surface area contributed by atoms with Crippen LogP contribution in [0.15, 0.2) is 41.0 Å². The van der Waals surface area contributed by atoms with E-state index >= 15 is 0 Å². The smallest absolute Gasteiger partial charge is 0.213 e. The van der Waals surface area contributed by atoms with E-state index in [1.165, 1.54) is 6.20 Å². The highest BCUT2D eigenvalue weighted by Crippen LogP contribution is 2.29. The maximum atomic E-state index is 13.1. The molecular formula is C12H9BrFN. The van der Waals surface area contributed by atoms with Gasteiger partial charge in [0.1, 0.15) is 0 Å². The summed E-state index contributed by atoms with van der Waals surface area (Å²) in [4.78, 5) is 3.53. The van der Waals surface area contributed by atoms with E-state index in [1.54, 1.807) is 18.2 Å². The third-order valence-electron chi connectivity index (χ3n) is 2.03. The van der Waals surface area contributed by atoms with Crippen LogP contribution >= 0.6 is 15.9 Å². The first-order valence-corrected chi connectivity index (χ1v) is 5.10. The van der Waals surface area contributed by atoms with Gasteiger partial charge in [0.25, 0.3) is 0 Å². The molecule has 76 valence electrons. The van der Waals surface area contributed by atoms with Crippen molar-refractivity contribution in [1.29, 1.82) is 0 Å². The third-order valence-corrected chi connectivity index (χ3v) is 2.73. The van der Waals surface area contributed by atoms with Crippen molar-refractivity contribution in [2.75, 3.05) is 0 Å². The molecule has 1 aromatic heterocycles. The molecule has 0 aliphatic heterocycles. The number of hydrogen-bond donors (Lipinski definition) is 0. The van der Waals surface area contributed by atoms with Crippen LogP contribution in [0.25, 0.3) is 11.1 Å². The summed E-state index contributed by atoms with van der Waals surface area (Å²) in [5, 5.41) is 0. The lowest BCUT2D eigenvalue weighted by Crippen LogP contribution is -1.89. The van der Waals surface area contributed by atoms with E-state index in [-0.39, 0.29) is 5.56 Å². The van der Waals surface area contributed by atoms with Crippen LogP contribution in [-0.2, 0) is 0 Å². The molecule has 0 saturated carbocycles. The van der Waals surface area contributed by atoms with Gasteiger partial charge in [-0.3, -0.25) is 0 Å². The Morgan fingerprint density at radius 2 is 2.13 bits per heavy atom. The van der Waals surface area contributed by atoms with Crippen molar-refractivity contribution in [3.05, 3.63) is 52.5 Å². The Hall–Kier alpha value is -1.22. The summed E-state index contributed by atoms with van der Waals surface area (Å²) in [6.45, 7) is -2.38. The lowest BCUT2D eigenvalue weighted by Gasteiger charge is -2.07. The van der Waals surface area contributed by atoms with Gasteiger partial charge in [-0.15, -0.1) is 0 Å². The Morgan fingerprint density at radius 1 is 1.33 bits per heavy atom. The molecule has 0 spiro atoms. The second kappa shape index (κ2) is 4.11. The number of benzene rings is 1. The van der Waals surface area contributed by atoms with Gasteiger partial charge in [0.05, 0.1) is 0 Å². The van der Waals surface area contributed by atoms with Gasteiger partial charge < -0.3 is 0 Å². The molecule has 0 bridgehead atoms. The van der Waals surface area contributed by atoms with Gasteiger partial charge in [0, 0.05) is 20.3 Å². The molecule has 0 fully saturated rings. The summed E-state index contributed by atoms with van der Waals surface area (Å²) in [6, 6.07) is 8.12. The third kappa shape index (κ3) is 2.07. The van der Waals surface area contributed by atoms with Crippen molar-refractivity contribution in [1.82, 2.24) is 4.98 Å². The molecule has 2 aromatic rings. The minimum atomic E-state index is -2.38. The molecule has 0 radical (unpaired) electrons. The van der Waals surface area contributed by atoms with Gasteiger partial charge in [0.15, 0.2) is 0 Å². The lowest BCUT2D eigenvalue weighted by atomic mass is 10.0. The van der Waals surface area contributed by atoms with Gasteiger partial charge >= 0.3 is 0 Å². The molecule has 0 aliphatic rings. The average Bonchev–Trinajstić information content (AvgIpc) is 2.29. The fourth-order valence-electron chi connectivity index (χ4n) is 1.32. The highest BCUT2D eigenvalue weighted by molar-refractivity contribution is 9.10.